The van der Waals surface area contributed by atoms with Gasteiger partial charge in [0.05, 0.1) is 13.2 Å². The molecular weight excluding hydrogens is 202 g/mol. The van der Waals surface area contributed by atoms with Crippen molar-refractivity contribution < 1.29 is 9.47 Å². The second kappa shape index (κ2) is 3.67. The van der Waals surface area contributed by atoms with E-state index in [1.807, 2.05) is 12.1 Å². The summed E-state index contributed by atoms with van der Waals surface area (Å²) in [5.41, 5.74) is 7.29. The average molecular weight is 219 g/mol. The topological polar surface area (TPSA) is 44.5 Å². The SMILES string of the molecule is NCC1(c2cccc3c2OCCCO3)CC1. The highest BCUT2D eigenvalue weighted by Crippen LogP contribution is 2.52. The lowest BCUT2D eigenvalue weighted by Crippen LogP contribution is -2.20. The number of hydrogen-bond donors (Lipinski definition) is 1. The van der Waals surface area contributed by atoms with Crippen LogP contribution in [0.2, 0.25) is 0 Å². The van der Waals surface area contributed by atoms with Crippen LogP contribution in [0.4, 0.5) is 0 Å². The van der Waals surface area contributed by atoms with E-state index in [2.05, 4.69) is 6.07 Å². The van der Waals surface area contributed by atoms with Gasteiger partial charge in [-0.25, -0.2) is 0 Å². The number of nitrogens with two attached hydrogens (primary N) is 1. The van der Waals surface area contributed by atoms with Crippen LogP contribution in [0.25, 0.3) is 0 Å². The van der Waals surface area contributed by atoms with Crippen LogP contribution in [0.15, 0.2) is 18.2 Å². The lowest BCUT2D eigenvalue weighted by atomic mass is 9.95. The number of fused-ring (bicyclic) bond motifs is 1. The fourth-order valence-electron chi connectivity index (χ4n) is 2.35. The summed E-state index contributed by atoms with van der Waals surface area (Å²) >= 11 is 0. The van der Waals surface area contributed by atoms with Gasteiger partial charge < -0.3 is 15.2 Å². The molecule has 1 aromatic rings. The van der Waals surface area contributed by atoms with Crippen LogP contribution >= 0.6 is 0 Å². The summed E-state index contributed by atoms with van der Waals surface area (Å²) in [4.78, 5) is 0. The molecule has 2 aliphatic rings. The number of para-hydroxylation sites is 1. The fraction of sp³-hybridized carbons (Fsp3) is 0.538. The number of rotatable bonds is 2. The molecule has 0 unspecified atom stereocenters. The zero-order valence-electron chi connectivity index (χ0n) is 9.37. The summed E-state index contributed by atoms with van der Waals surface area (Å²) in [5, 5.41) is 0. The Morgan fingerprint density at radius 3 is 2.75 bits per heavy atom. The molecule has 86 valence electrons. The second-order valence-electron chi connectivity index (χ2n) is 4.67. The van der Waals surface area contributed by atoms with Crippen LogP contribution in [0.5, 0.6) is 11.5 Å². The highest BCUT2D eigenvalue weighted by Gasteiger charge is 2.45. The van der Waals surface area contributed by atoms with Gasteiger partial charge >= 0.3 is 0 Å². The maximum atomic E-state index is 5.88. The van der Waals surface area contributed by atoms with Gasteiger partial charge in [-0.2, -0.15) is 0 Å². The second-order valence-corrected chi connectivity index (χ2v) is 4.67. The van der Waals surface area contributed by atoms with Crippen molar-refractivity contribution in [2.45, 2.75) is 24.7 Å². The molecule has 1 heterocycles. The Labute approximate surface area is 95.5 Å². The molecular formula is C13H17NO2. The van der Waals surface area contributed by atoms with Gasteiger partial charge in [0.2, 0.25) is 0 Å². The molecule has 0 radical (unpaired) electrons. The molecule has 0 spiro atoms. The summed E-state index contributed by atoms with van der Waals surface area (Å²) in [6.07, 6.45) is 3.29. The molecule has 0 bridgehead atoms. The third kappa shape index (κ3) is 1.47. The van der Waals surface area contributed by atoms with Crippen molar-refractivity contribution >= 4 is 0 Å². The van der Waals surface area contributed by atoms with Crippen molar-refractivity contribution in [2.75, 3.05) is 19.8 Å². The van der Waals surface area contributed by atoms with E-state index in [4.69, 9.17) is 15.2 Å². The maximum Gasteiger partial charge on any atom is 0.164 e. The smallest absolute Gasteiger partial charge is 0.164 e. The standard InChI is InChI=1S/C13H17NO2/c14-9-13(5-6-13)10-3-1-4-11-12(10)16-8-2-7-15-11/h1,3-4H,2,5-9,14H2. The Morgan fingerprint density at radius 1 is 1.19 bits per heavy atom. The first-order chi connectivity index (χ1) is 7.86. The molecule has 1 fully saturated rings. The van der Waals surface area contributed by atoms with Crippen molar-refractivity contribution in [3.8, 4) is 11.5 Å². The lowest BCUT2D eigenvalue weighted by molar-refractivity contribution is 0.295. The van der Waals surface area contributed by atoms with Crippen LogP contribution in [-0.4, -0.2) is 19.8 Å². The molecule has 16 heavy (non-hydrogen) atoms. The molecule has 3 rings (SSSR count). The Bertz CT molecular complexity index is 399. The molecule has 0 aromatic heterocycles. The molecule has 0 amide bonds. The summed E-state index contributed by atoms with van der Waals surface area (Å²) in [6.45, 7) is 2.18. The monoisotopic (exact) mass is 219 g/mol. The zero-order valence-corrected chi connectivity index (χ0v) is 9.37. The van der Waals surface area contributed by atoms with E-state index in [-0.39, 0.29) is 5.41 Å². The first-order valence-electron chi connectivity index (χ1n) is 5.95. The van der Waals surface area contributed by atoms with E-state index in [9.17, 15) is 0 Å². The van der Waals surface area contributed by atoms with E-state index in [0.717, 1.165) is 31.1 Å². The van der Waals surface area contributed by atoms with E-state index in [1.165, 1.54) is 18.4 Å². The molecule has 1 aliphatic heterocycles. The number of benzene rings is 1. The first kappa shape index (κ1) is 9.97. The van der Waals surface area contributed by atoms with Gasteiger partial charge in [0.15, 0.2) is 11.5 Å². The van der Waals surface area contributed by atoms with Gasteiger partial charge in [0.1, 0.15) is 0 Å². The van der Waals surface area contributed by atoms with Crippen molar-refractivity contribution in [1.82, 2.24) is 0 Å². The number of ether oxygens (including phenoxy) is 2. The summed E-state index contributed by atoms with van der Waals surface area (Å²) < 4.78 is 11.5. The molecule has 0 saturated heterocycles. The Balaban J connectivity index is 2.05. The van der Waals surface area contributed by atoms with E-state index in [1.54, 1.807) is 0 Å². The molecule has 1 saturated carbocycles. The van der Waals surface area contributed by atoms with Gasteiger partial charge in [-0.1, -0.05) is 12.1 Å². The summed E-state index contributed by atoms with van der Waals surface area (Å²) in [7, 11) is 0. The normalized spacial score (nSPS) is 21.3. The predicted octanol–water partition coefficient (Wildman–Crippen LogP) is 1.84. The van der Waals surface area contributed by atoms with Gasteiger partial charge in [-0.05, 0) is 18.9 Å². The van der Waals surface area contributed by atoms with Crippen molar-refractivity contribution in [3.63, 3.8) is 0 Å². The van der Waals surface area contributed by atoms with Crippen molar-refractivity contribution in [3.05, 3.63) is 23.8 Å². The highest BCUT2D eigenvalue weighted by atomic mass is 16.5. The van der Waals surface area contributed by atoms with E-state index in [0.29, 0.717) is 6.54 Å². The van der Waals surface area contributed by atoms with Crippen molar-refractivity contribution in [1.29, 1.82) is 0 Å². The van der Waals surface area contributed by atoms with Crippen LogP contribution in [0.1, 0.15) is 24.8 Å². The van der Waals surface area contributed by atoms with Crippen LogP contribution in [0, 0.1) is 0 Å². The Hall–Kier alpha value is -1.22. The zero-order chi connectivity index (χ0) is 11.0. The molecule has 0 atom stereocenters. The molecule has 3 nitrogen and oxygen atoms in total. The number of hydrogen-bond acceptors (Lipinski definition) is 3. The van der Waals surface area contributed by atoms with Gasteiger partial charge in [-0.3, -0.25) is 0 Å². The predicted molar refractivity (Wildman–Crippen MR) is 62.0 cm³/mol. The van der Waals surface area contributed by atoms with Gasteiger partial charge in [-0.15, -0.1) is 0 Å². The quantitative estimate of drug-likeness (QED) is 0.825. The van der Waals surface area contributed by atoms with Crippen LogP contribution < -0.4 is 15.2 Å². The molecule has 3 heteroatoms. The minimum Gasteiger partial charge on any atom is -0.490 e. The average Bonchev–Trinajstić information content (AvgIpc) is 3.13. The van der Waals surface area contributed by atoms with Gasteiger partial charge in [0.25, 0.3) is 0 Å². The minimum atomic E-state index is 0.166. The van der Waals surface area contributed by atoms with E-state index < -0.39 is 0 Å². The highest BCUT2D eigenvalue weighted by molar-refractivity contribution is 5.52. The van der Waals surface area contributed by atoms with Crippen LogP contribution in [-0.2, 0) is 5.41 Å². The third-order valence-corrected chi connectivity index (χ3v) is 3.59. The first-order valence-corrected chi connectivity index (χ1v) is 5.95. The summed E-state index contributed by atoms with van der Waals surface area (Å²) in [6, 6.07) is 6.16. The largest absolute Gasteiger partial charge is 0.490 e. The molecule has 1 aromatic carbocycles. The lowest BCUT2D eigenvalue weighted by Gasteiger charge is -2.18. The fourth-order valence-corrected chi connectivity index (χ4v) is 2.35. The molecule has 1 aliphatic carbocycles. The molecule has 2 N–H and O–H groups in total. The van der Waals surface area contributed by atoms with Crippen molar-refractivity contribution in [2.24, 2.45) is 5.73 Å². The Morgan fingerprint density at radius 2 is 2.00 bits per heavy atom. The van der Waals surface area contributed by atoms with E-state index >= 15 is 0 Å². The summed E-state index contributed by atoms with van der Waals surface area (Å²) in [5.74, 6) is 1.82. The minimum absolute atomic E-state index is 0.166. The maximum absolute atomic E-state index is 5.88. The van der Waals surface area contributed by atoms with Crippen LogP contribution in [0.3, 0.4) is 0 Å². The third-order valence-electron chi connectivity index (χ3n) is 3.59. The Kier molecular flexibility index (Phi) is 2.28. The van der Waals surface area contributed by atoms with Gasteiger partial charge in [0, 0.05) is 23.9 Å².